The number of amides is 1. The first-order valence-corrected chi connectivity index (χ1v) is 8.29. The summed E-state index contributed by atoms with van der Waals surface area (Å²) in [5.74, 6) is 0.0692. The number of rotatable bonds is 3. The van der Waals surface area contributed by atoms with E-state index in [1.165, 1.54) is 13.3 Å². The molecule has 0 aromatic carbocycles. The van der Waals surface area contributed by atoms with Gasteiger partial charge in [-0.2, -0.15) is 4.98 Å². The topological polar surface area (TPSA) is 113 Å². The summed E-state index contributed by atoms with van der Waals surface area (Å²) >= 11 is 0. The van der Waals surface area contributed by atoms with E-state index in [0.29, 0.717) is 42.4 Å². The highest BCUT2D eigenvalue weighted by atomic mass is 16.4. The lowest BCUT2D eigenvalue weighted by atomic mass is 9.81. The lowest BCUT2D eigenvalue weighted by molar-refractivity contribution is -0.148. The van der Waals surface area contributed by atoms with Gasteiger partial charge in [0.05, 0.1) is 0 Å². The maximum Gasteiger partial charge on any atom is 0.313 e. The Bertz CT molecular complexity index is 865. The molecule has 2 atom stereocenters. The molecule has 2 aromatic heterocycles. The Balaban J connectivity index is 1.70. The first-order valence-electron chi connectivity index (χ1n) is 8.29. The van der Waals surface area contributed by atoms with Gasteiger partial charge >= 0.3 is 5.97 Å². The van der Waals surface area contributed by atoms with Crippen LogP contribution in [-0.4, -0.2) is 63.0 Å². The number of anilines is 1. The van der Waals surface area contributed by atoms with E-state index in [0.717, 1.165) is 0 Å². The van der Waals surface area contributed by atoms with Crippen LogP contribution in [0.1, 0.15) is 19.7 Å². The van der Waals surface area contributed by atoms with E-state index in [-0.39, 0.29) is 24.9 Å². The summed E-state index contributed by atoms with van der Waals surface area (Å²) in [6.45, 7) is 4.89. The lowest BCUT2D eigenvalue weighted by Crippen LogP contribution is -2.41. The van der Waals surface area contributed by atoms with Gasteiger partial charge in [0, 0.05) is 45.4 Å². The molecule has 9 nitrogen and oxygen atoms in total. The molecule has 4 heterocycles. The maximum absolute atomic E-state index is 12.0. The highest BCUT2D eigenvalue weighted by molar-refractivity contribution is 5.85. The second kappa shape index (κ2) is 5.40. The van der Waals surface area contributed by atoms with Gasteiger partial charge < -0.3 is 19.3 Å². The zero-order valence-electron chi connectivity index (χ0n) is 14.1. The van der Waals surface area contributed by atoms with Gasteiger partial charge in [-0.05, 0) is 0 Å². The average Bonchev–Trinajstić information content (AvgIpc) is 3.24. The summed E-state index contributed by atoms with van der Waals surface area (Å²) in [5.41, 5.74) is -0.00258. The Labute approximate surface area is 143 Å². The minimum Gasteiger partial charge on any atom is -0.481 e. The van der Waals surface area contributed by atoms with Crippen molar-refractivity contribution in [1.82, 2.24) is 19.9 Å². The maximum atomic E-state index is 12.0. The van der Waals surface area contributed by atoms with Crippen molar-refractivity contribution in [2.75, 3.05) is 31.1 Å². The van der Waals surface area contributed by atoms with E-state index in [9.17, 15) is 14.7 Å². The molecule has 0 aliphatic carbocycles. The van der Waals surface area contributed by atoms with E-state index in [4.69, 9.17) is 4.42 Å². The lowest BCUT2D eigenvalue weighted by Gasteiger charge is -2.25. The van der Waals surface area contributed by atoms with Crippen molar-refractivity contribution in [2.24, 2.45) is 11.3 Å². The number of hydrogen-bond donors (Lipinski definition) is 1. The number of carboxylic acid groups (broad SMARTS) is 1. The van der Waals surface area contributed by atoms with Crippen LogP contribution in [0.5, 0.6) is 0 Å². The fourth-order valence-electron chi connectivity index (χ4n) is 3.94. The Morgan fingerprint density at radius 1 is 1.36 bits per heavy atom. The van der Waals surface area contributed by atoms with Crippen LogP contribution in [-0.2, 0) is 16.0 Å². The highest BCUT2D eigenvalue weighted by Crippen LogP contribution is 2.44. The summed E-state index contributed by atoms with van der Waals surface area (Å²) in [4.78, 5) is 40.1. The van der Waals surface area contributed by atoms with Gasteiger partial charge in [-0.1, -0.05) is 6.92 Å². The number of oxazole rings is 1. The second-order valence-electron chi connectivity index (χ2n) is 6.75. The zero-order valence-corrected chi connectivity index (χ0v) is 14.1. The summed E-state index contributed by atoms with van der Waals surface area (Å²) in [6, 6.07) is 0. The van der Waals surface area contributed by atoms with Gasteiger partial charge in [0.25, 0.3) is 5.71 Å². The molecule has 2 saturated heterocycles. The van der Waals surface area contributed by atoms with Gasteiger partial charge in [-0.25, -0.2) is 9.97 Å². The van der Waals surface area contributed by atoms with Crippen molar-refractivity contribution in [1.29, 1.82) is 0 Å². The van der Waals surface area contributed by atoms with Gasteiger partial charge in [0.1, 0.15) is 11.7 Å². The monoisotopic (exact) mass is 345 g/mol. The van der Waals surface area contributed by atoms with Crippen LogP contribution in [0.4, 0.5) is 5.82 Å². The number of carbonyl (C=O) groups is 2. The van der Waals surface area contributed by atoms with Crippen molar-refractivity contribution in [3.8, 4) is 0 Å². The normalized spacial score (nSPS) is 25.6. The van der Waals surface area contributed by atoms with E-state index in [1.807, 2.05) is 11.8 Å². The van der Waals surface area contributed by atoms with Gasteiger partial charge in [-0.15, -0.1) is 0 Å². The number of nitrogens with zero attached hydrogens (tertiary/aromatic N) is 5. The number of fused-ring (bicyclic) bond motifs is 2. The van der Waals surface area contributed by atoms with Crippen LogP contribution in [0.2, 0.25) is 0 Å². The van der Waals surface area contributed by atoms with Crippen molar-refractivity contribution in [3.05, 3.63) is 12.2 Å². The molecular weight excluding hydrogens is 326 g/mol. The van der Waals surface area contributed by atoms with Gasteiger partial charge in [-0.3, -0.25) is 9.59 Å². The van der Waals surface area contributed by atoms with Gasteiger partial charge in [0.15, 0.2) is 17.2 Å². The Morgan fingerprint density at radius 3 is 2.80 bits per heavy atom. The summed E-state index contributed by atoms with van der Waals surface area (Å²) < 4.78 is 5.57. The average molecular weight is 345 g/mol. The molecule has 1 N–H and O–H groups in total. The Morgan fingerprint density at radius 2 is 2.16 bits per heavy atom. The van der Waals surface area contributed by atoms with Crippen molar-refractivity contribution in [3.63, 3.8) is 0 Å². The molecule has 2 fully saturated rings. The first-order chi connectivity index (χ1) is 11.9. The second-order valence-corrected chi connectivity index (χ2v) is 6.75. The third-order valence-corrected chi connectivity index (χ3v) is 5.30. The predicted octanol–water partition coefficient (Wildman–Crippen LogP) is 0.549. The van der Waals surface area contributed by atoms with Gasteiger partial charge in [0.2, 0.25) is 5.91 Å². The summed E-state index contributed by atoms with van der Waals surface area (Å²) in [6.07, 6.45) is 2.05. The Hall–Kier alpha value is -2.71. The number of carboxylic acids is 1. The Kier molecular flexibility index (Phi) is 3.41. The molecule has 2 aliphatic rings. The van der Waals surface area contributed by atoms with E-state index >= 15 is 0 Å². The number of carbonyl (C=O) groups excluding carboxylic acids is 1. The molecule has 0 radical (unpaired) electrons. The van der Waals surface area contributed by atoms with Crippen molar-refractivity contribution < 1.29 is 19.1 Å². The standard InChI is InChI=1S/C16H19N5O4/c1-3-11-19-12-13(17-8-18-14(12)25-11)21-5-10-4-20(9(2)22)6-16(10,7-21)15(23)24/h8,10H,3-7H2,1-2H3,(H,23,24)/t10-,16-/m0/s1. The van der Waals surface area contributed by atoms with Crippen LogP contribution in [0.3, 0.4) is 0 Å². The molecule has 0 bridgehead atoms. The van der Waals surface area contributed by atoms with E-state index < -0.39 is 11.4 Å². The summed E-state index contributed by atoms with van der Waals surface area (Å²) in [5, 5.41) is 9.86. The van der Waals surface area contributed by atoms with Crippen molar-refractivity contribution in [2.45, 2.75) is 20.3 Å². The molecular formula is C16H19N5O4. The van der Waals surface area contributed by atoms with Crippen LogP contribution < -0.4 is 4.90 Å². The SMILES string of the molecule is CCc1nc2c(N3C[C@@H]4CN(C(C)=O)C[C@]4(C(=O)O)C3)ncnc2o1. The number of aryl methyl sites for hydroxylation is 1. The van der Waals surface area contributed by atoms with E-state index in [2.05, 4.69) is 15.0 Å². The molecule has 1 amide bonds. The van der Waals surface area contributed by atoms with Crippen LogP contribution in [0, 0.1) is 11.3 Å². The fraction of sp³-hybridized carbons (Fsp3) is 0.562. The molecule has 2 aromatic rings. The smallest absolute Gasteiger partial charge is 0.313 e. The minimum absolute atomic E-state index is 0.0879. The molecule has 9 heteroatoms. The molecule has 25 heavy (non-hydrogen) atoms. The summed E-state index contributed by atoms with van der Waals surface area (Å²) in [7, 11) is 0. The number of aromatic nitrogens is 3. The molecule has 0 unspecified atom stereocenters. The number of hydrogen-bond acceptors (Lipinski definition) is 7. The van der Waals surface area contributed by atoms with Crippen LogP contribution in [0.25, 0.3) is 11.2 Å². The third kappa shape index (κ3) is 2.25. The predicted molar refractivity (Wildman–Crippen MR) is 87.0 cm³/mol. The van der Waals surface area contributed by atoms with Crippen molar-refractivity contribution >= 4 is 28.9 Å². The highest BCUT2D eigenvalue weighted by Gasteiger charge is 2.58. The van der Waals surface area contributed by atoms with E-state index in [1.54, 1.807) is 4.90 Å². The quantitative estimate of drug-likeness (QED) is 0.858. The fourth-order valence-corrected chi connectivity index (χ4v) is 3.94. The minimum atomic E-state index is -0.972. The van der Waals surface area contributed by atoms with Crippen LogP contribution in [0.15, 0.2) is 10.7 Å². The molecule has 0 saturated carbocycles. The number of likely N-dealkylation sites (tertiary alicyclic amines) is 1. The third-order valence-electron chi connectivity index (χ3n) is 5.30. The molecule has 2 aliphatic heterocycles. The number of aliphatic carboxylic acids is 1. The molecule has 132 valence electrons. The van der Waals surface area contributed by atoms with Crippen LogP contribution >= 0.6 is 0 Å². The molecule has 4 rings (SSSR count). The molecule has 0 spiro atoms. The first kappa shape index (κ1) is 15.8. The largest absolute Gasteiger partial charge is 0.481 e. The zero-order chi connectivity index (χ0) is 17.8.